The van der Waals surface area contributed by atoms with Crippen LogP contribution < -0.4 is 0 Å². The molecule has 0 aliphatic heterocycles. The van der Waals surface area contributed by atoms with E-state index in [1.54, 1.807) is 13.0 Å². The van der Waals surface area contributed by atoms with Crippen LogP contribution in [0.15, 0.2) is 30.4 Å². The quantitative estimate of drug-likeness (QED) is 0.102. The van der Waals surface area contributed by atoms with Gasteiger partial charge in [0.15, 0.2) is 0 Å². The van der Waals surface area contributed by atoms with Gasteiger partial charge >= 0.3 is 5.97 Å². The van der Waals surface area contributed by atoms with E-state index in [1.807, 2.05) is 34.7 Å². The van der Waals surface area contributed by atoms with Crippen molar-refractivity contribution in [1.82, 2.24) is 0 Å². The Morgan fingerprint density at radius 3 is 2.60 bits per heavy atom. The smallest absolute Gasteiger partial charge is 0.342 e. The zero-order valence-corrected chi connectivity index (χ0v) is 16.7. The third kappa shape index (κ3) is 6.70. The Balaban J connectivity index is 2.67. The molecule has 5 nitrogen and oxygen atoms in total. The molecule has 0 aliphatic rings. The van der Waals surface area contributed by atoms with Crippen LogP contribution in [-0.4, -0.2) is 28.6 Å². The van der Waals surface area contributed by atoms with Gasteiger partial charge in [-0.3, -0.25) is 4.79 Å². The molecule has 1 aromatic rings. The molecule has 7 heteroatoms. The Hall–Kier alpha value is -1.54. The number of carbonyl (C=O) groups excluding carboxylic acids is 2. The summed E-state index contributed by atoms with van der Waals surface area (Å²) in [5, 5.41) is 19.6. The number of phenolic OH excluding ortho intramolecular Hbond substituents is 2. The van der Waals surface area contributed by atoms with Crippen molar-refractivity contribution in [2.24, 2.45) is 0 Å². The highest BCUT2D eigenvalue weighted by Crippen LogP contribution is 2.37. The number of benzene rings is 1. The maximum absolute atomic E-state index is 12.3. The lowest BCUT2D eigenvalue weighted by atomic mass is 10.1. The van der Waals surface area contributed by atoms with Gasteiger partial charge in [-0.15, -0.1) is 0 Å². The zero-order valence-electron chi connectivity index (χ0n) is 13.7. The van der Waals surface area contributed by atoms with E-state index in [4.69, 9.17) is 16.3 Å². The summed E-state index contributed by atoms with van der Waals surface area (Å²) in [6.45, 7) is 1.75. The first-order chi connectivity index (χ1) is 11.9. The molecule has 0 spiro atoms. The van der Waals surface area contributed by atoms with E-state index in [-0.39, 0.29) is 28.2 Å². The molecule has 0 unspecified atom stereocenters. The van der Waals surface area contributed by atoms with Gasteiger partial charge in [0.1, 0.15) is 29.5 Å². The first-order valence-corrected chi connectivity index (χ1v) is 9.58. The normalized spacial score (nSPS) is 12.6. The van der Waals surface area contributed by atoms with Crippen molar-refractivity contribution in [3.8, 4) is 11.5 Å². The van der Waals surface area contributed by atoms with Gasteiger partial charge in [-0.25, -0.2) is 4.79 Å². The third-order valence-corrected chi connectivity index (χ3v) is 4.50. The van der Waals surface area contributed by atoms with E-state index in [0.29, 0.717) is 16.4 Å². The Morgan fingerprint density at radius 2 is 1.96 bits per heavy atom. The number of esters is 1. The van der Waals surface area contributed by atoms with Gasteiger partial charge < -0.3 is 14.9 Å². The van der Waals surface area contributed by atoms with Gasteiger partial charge in [0, 0.05) is 22.5 Å². The molecule has 0 saturated heterocycles. The molecule has 0 aromatic heterocycles. The second-order valence-corrected chi connectivity index (χ2v) is 6.42. The van der Waals surface area contributed by atoms with E-state index in [1.165, 1.54) is 6.08 Å². The van der Waals surface area contributed by atoms with Gasteiger partial charge in [-0.1, -0.05) is 52.4 Å². The van der Waals surface area contributed by atoms with Crippen LogP contribution in [0, 0.1) is 0 Å². The molecule has 0 aliphatic carbocycles. The summed E-state index contributed by atoms with van der Waals surface area (Å²) >= 11 is 7.99. The minimum Gasteiger partial charge on any atom is -0.507 e. The number of unbranched alkanes of at least 4 members (excludes halogenated alkanes) is 1. The van der Waals surface area contributed by atoms with Crippen LogP contribution in [0.1, 0.15) is 42.1 Å². The minimum atomic E-state index is -0.680. The number of hydrogen-bond donors (Lipinski definition) is 2. The van der Waals surface area contributed by atoms with Crippen LogP contribution in [0.25, 0.3) is 0 Å². The molecular formula is C18H20ClIO5. The number of ether oxygens (including phenoxy) is 1. The van der Waals surface area contributed by atoms with Crippen LogP contribution in [-0.2, 0) is 14.0 Å². The molecule has 0 fully saturated rings. The minimum absolute atomic E-state index is 0.0213. The van der Waals surface area contributed by atoms with E-state index < -0.39 is 5.97 Å². The summed E-state index contributed by atoms with van der Waals surface area (Å²) < 4.78 is 5.68. The summed E-state index contributed by atoms with van der Waals surface area (Å²) in [5.41, 5.74) is 0.321. The zero-order chi connectivity index (χ0) is 18.8. The van der Waals surface area contributed by atoms with E-state index >= 15 is 0 Å². The monoisotopic (exact) mass is 478 g/mol. The van der Waals surface area contributed by atoms with Crippen LogP contribution >= 0.6 is 34.2 Å². The molecular weight excluding hydrogens is 459 g/mol. The fraction of sp³-hybridized carbons (Fsp3) is 0.333. The molecule has 1 rings (SSSR count). The van der Waals surface area contributed by atoms with Crippen molar-refractivity contribution >= 4 is 46.4 Å². The number of halogens is 2. The highest BCUT2D eigenvalue weighted by atomic mass is 127. The maximum atomic E-state index is 12.3. The highest BCUT2D eigenvalue weighted by molar-refractivity contribution is 14.1. The second-order valence-electron chi connectivity index (χ2n) is 5.28. The average molecular weight is 479 g/mol. The molecule has 1 aromatic carbocycles. The lowest BCUT2D eigenvalue weighted by molar-refractivity contribution is -0.104. The maximum Gasteiger partial charge on any atom is 0.342 e. The number of phenols is 2. The molecule has 136 valence electrons. The van der Waals surface area contributed by atoms with Gasteiger partial charge in [0.05, 0.1) is 5.02 Å². The second kappa shape index (κ2) is 11.1. The number of carbonyl (C=O) groups is 2. The van der Waals surface area contributed by atoms with Gasteiger partial charge in [-0.2, -0.15) is 0 Å². The lowest BCUT2D eigenvalue weighted by Crippen LogP contribution is -2.16. The molecule has 25 heavy (non-hydrogen) atoms. The van der Waals surface area contributed by atoms with Crippen molar-refractivity contribution in [3.63, 3.8) is 0 Å². The number of aromatic hydroxyl groups is 2. The molecule has 0 radical (unpaired) electrons. The summed E-state index contributed by atoms with van der Waals surface area (Å²) in [4.78, 5) is 22.5. The SMILES string of the molecule is C[C@H](C/C=C/CC/C=C/C=O)OC(=O)c1c(O)cc(O)c(Cl)c1CI. The first kappa shape index (κ1) is 21.5. The predicted molar refractivity (Wildman–Crippen MR) is 106 cm³/mol. The van der Waals surface area contributed by atoms with Gasteiger partial charge in [0.2, 0.25) is 0 Å². The standard InChI is InChI=1S/C18H20ClIO5/c1-12(8-6-4-2-3-5-7-9-21)25-18(24)16-13(11-20)17(19)15(23)10-14(16)22/h4-7,9-10,12,22-23H,2-3,8,11H2,1H3/b6-4+,7-5+/t12-/m1/s1. The Morgan fingerprint density at radius 1 is 1.28 bits per heavy atom. The molecule has 0 saturated carbocycles. The topological polar surface area (TPSA) is 83.8 Å². The Bertz CT molecular complexity index is 670. The third-order valence-electron chi connectivity index (χ3n) is 3.32. The number of rotatable bonds is 9. The molecule has 0 bridgehead atoms. The summed E-state index contributed by atoms with van der Waals surface area (Å²) in [5.74, 6) is -1.31. The lowest BCUT2D eigenvalue weighted by Gasteiger charge is -2.15. The van der Waals surface area contributed by atoms with Crippen molar-refractivity contribution in [1.29, 1.82) is 0 Å². The van der Waals surface area contributed by atoms with Crippen molar-refractivity contribution in [3.05, 3.63) is 46.5 Å². The molecule has 0 heterocycles. The van der Waals surface area contributed by atoms with Crippen LogP contribution in [0.5, 0.6) is 11.5 Å². The fourth-order valence-electron chi connectivity index (χ4n) is 2.08. The fourth-order valence-corrected chi connectivity index (χ4v) is 3.28. The summed E-state index contributed by atoms with van der Waals surface area (Å²) in [7, 11) is 0. The Kier molecular flexibility index (Phi) is 9.59. The number of allylic oxidation sites excluding steroid dienone is 3. The highest BCUT2D eigenvalue weighted by Gasteiger charge is 2.23. The first-order valence-electron chi connectivity index (χ1n) is 7.67. The van der Waals surface area contributed by atoms with Crippen LogP contribution in [0.4, 0.5) is 0 Å². The van der Waals surface area contributed by atoms with E-state index in [9.17, 15) is 19.8 Å². The average Bonchev–Trinajstić information content (AvgIpc) is 2.56. The number of alkyl halides is 1. The van der Waals surface area contributed by atoms with E-state index in [2.05, 4.69) is 0 Å². The van der Waals surface area contributed by atoms with E-state index in [0.717, 1.165) is 25.2 Å². The van der Waals surface area contributed by atoms with Crippen LogP contribution in [0.2, 0.25) is 5.02 Å². The number of hydrogen-bond acceptors (Lipinski definition) is 5. The largest absolute Gasteiger partial charge is 0.507 e. The van der Waals surface area contributed by atoms with Gasteiger partial charge in [0.25, 0.3) is 0 Å². The number of aldehydes is 1. The van der Waals surface area contributed by atoms with Crippen LogP contribution in [0.3, 0.4) is 0 Å². The summed E-state index contributed by atoms with van der Waals surface area (Å²) in [6, 6.07) is 1.03. The predicted octanol–water partition coefficient (Wildman–Crippen LogP) is 4.71. The molecule has 1 atom stereocenters. The molecule has 0 amide bonds. The summed E-state index contributed by atoms with van der Waals surface area (Å²) in [6.07, 6.45) is 9.52. The van der Waals surface area contributed by atoms with Crippen molar-refractivity contribution in [2.45, 2.75) is 36.7 Å². The van der Waals surface area contributed by atoms with Gasteiger partial charge in [-0.05, 0) is 25.8 Å². The molecule has 2 N–H and O–H groups in total. The van der Waals surface area contributed by atoms with Crippen molar-refractivity contribution in [2.75, 3.05) is 0 Å². The van der Waals surface area contributed by atoms with Crippen molar-refractivity contribution < 1.29 is 24.5 Å². The Labute approximate surface area is 165 Å².